The number of hydrogen-bond donors (Lipinski definition) is 1. The van der Waals surface area contributed by atoms with Gasteiger partial charge < -0.3 is 4.98 Å². The van der Waals surface area contributed by atoms with Gasteiger partial charge in [0.15, 0.2) is 0 Å². The zero-order valence-electron chi connectivity index (χ0n) is 21.4. The van der Waals surface area contributed by atoms with E-state index >= 15 is 0 Å². The fraction of sp³-hybridized carbons (Fsp3) is 0.200. The van der Waals surface area contributed by atoms with E-state index in [1.54, 1.807) is 0 Å². The van der Waals surface area contributed by atoms with E-state index in [9.17, 15) is 0 Å². The first-order chi connectivity index (χ1) is 16.6. The molecule has 5 heteroatoms. The number of aromatic amines is 1. The second-order valence-electron chi connectivity index (χ2n) is 10.2. The van der Waals surface area contributed by atoms with Gasteiger partial charge in [-0.1, -0.05) is 36.4 Å². The molecule has 5 rings (SSSR count). The predicted molar refractivity (Wildman–Crippen MR) is 159 cm³/mol. The van der Waals surface area contributed by atoms with E-state index in [0.717, 1.165) is 11.4 Å². The van der Waals surface area contributed by atoms with Gasteiger partial charge in [0.2, 0.25) is 0 Å². The van der Waals surface area contributed by atoms with E-state index in [4.69, 9.17) is 9.49 Å². The minimum Gasteiger partial charge on any atom is -0.353 e. The van der Waals surface area contributed by atoms with Crippen molar-refractivity contribution in [2.75, 3.05) is 26.7 Å². The maximum absolute atomic E-state index is 5.25. The molecule has 35 heavy (non-hydrogen) atoms. The molecule has 0 amide bonds. The molecule has 0 aliphatic carbocycles. The van der Waals surface area contributed by atoms with Crippen LogP contribution in [-0.2, 0) is 0 Å². The van der Waals surface area contributed by atoms with Crippen molar-refractivity contribution in [3.8, 4) is 0 Å². The summed E-state index contributed by atoms with van der Waals surface area (Å²) in [6.07, 6.45) is 0. The molecule has 0 bridgehead atoms. The molecule has 0 saturated heterocycles. The maximum Gasteiger partial charge on any atom is 0.0617 e. The minimum atomic E-state index is -1.79. The number of hydrogen-bond acceptors (Lipinski definition) is 2. The number of rotatable bonds is 4. The Morgan fingerprint density at radius 2 is 0.914 bits per heavy atom. The predicted octanol–water partition coefficient (Wildman–Crippen LogP) is 8.77. The smallest absolute Gasteiger partial charge is 0.0617 e. The summed E-state index contributed by atoms with van der Waals surface area (Å²) in [6, 6.07) is 30.0. The highest BCUT2D eigenvalue weighted by Gasteiger charge is 2.22. The third kappa shape index (κ3) is 4.68. The molecular weight excluding hydrogens is 464 g/mol. The van der Waals surface area contributed by atoms with E-state index in [1.807, 2.05) is 12.1 Å². The van der Waals surface area contributed by atoms with E-state index in [1.165, 1.54) is 43.5 Å². The molecule has 1 heterocycles. The van der Waals surface area contributed by atoms with E-state index in [0.29, 0.717) is 0 Å². The molecule has 1 N–H and O–H groups in total. The Balaban J connectivity index is 1.81. The minimum absolute atomic E-state index is 1.04. The van der Waals surface area contributed by atoms with Crippen LogP contribution in [0.3, 0.4) is 0 Å². The van der Waals surface area contributed by atoms with Gasteiger partial charge in [0.1, 0.15) is 0 Å². The monoisotopic (exact) mass is 497 g/mol. The number of benzene rings is 4. The lowest BCUT2D eigenvalue weighted by Gasteiger charge is -2.17. The highest BCUT2D eigenvalue weighted by Crippen LogP contribution is 2.48. The van der Waals surface area contributed by atoms with Crippen molar-refractivity contribution in [3.63, 3.8) is 0 Å². The third-order valence-electron chi connectivity index (χ3n) is 6.49. The molecule has 0 aliphatic rings. The number of fused-ring (bicyclic) bond motifs is 3. The number of nitrogens with zero attached hydrogens (tertiary/aromatic N) is 2. The van der Waals surface area contributed by atoms with Gasteiger partial charge in [-0.3, -0.25) is 9.49 Å². The van der Waals surface area contributed by atoms with Crippen molar-refractivity contribution in [3.05, 3.63) is 96.1 Å². The Kier molecular flexibility index (Phi) is 6.12. The van der Waals surface area contributed by atoms with Crippen molar-refractivity contribution < 1.29 is 0 Å². The van der Waals surface area contributed by atoms with Crippen LogP contribution in [0.5, 0.6) is 0 Å². The van der Waals surface area contributed by atoms with Gasteiger partial charge >= 0.3 is 0 Å². The molecule has 178 valence electrons. The standard InChI is InChI=1S/C30H33N3P2/c1-21-17-25-26-18-22(2)20-28(35(5,6)33-24-15-11-8-12-16-24)30(26)31-29(25)27(19-21)34(3,4)32-23-13-9-7-10-14-23/h7-20,31H,1-6H3. The topological polar surface area (TPSA) is 40.5 Å². The van der Waals surface area contributed by atoms with E-state index < -0.39 is 14.1 Å². The number of H-pyrrole nitrogens is 1. The first-order valence-electron chi connectivity index (χ1n) is 12.0. The number of aryl methyl sites for hydroxylation is 2. The number of aromatic nitrogens is 1. The van der Waals surface area contributed by atoms with Gasteiger partial charge in [-0.15, -0.1) is 0 Å². The van der Waals surface area contributed by atoms with Crippen LogP contribution in [0.25, 0.3) is 21.8 Å². The molecule has 0 unspecified atom stereocenters. The molecule has 5 aromatic rings. The fourth-order valence-corrected chi connectivity index (χ4v) is 9.01. The summed E-state index contributed by atoms with van der Waals surface area (Å²) in [6.45, 7) is 13.6. The first-order valence-corrected chi connectivity index (χ1v) is 17.2. The van der Waals surface area contributed by atoms with E-state index in [-0.39, 0.29) is 0 Å². The summed E-state index contributed by atoms with van der Waals surface area (Å²) >= 11 is 0. The largest absolute Gasteiger partial charge is 0.353 e. The fourth-order valence-electron chi connectivity index (χ4n) is 4.88. The van der Waals surface area contributed by atoms with E-state index in [2.05, 4.69) is 118 Å². The third-order valence-corrected chi connectivity index (χ3v) is 11.0. The molecule has 0 fully saturated rings. The molecule has 4 aromatic carbocycles. The quantitative estimate of drug-likeness (QED) is 0.241. The summed E-state index contributed by atoms with van der Waals surface area (Å²) in [4.78, 5) is 3.89. The van der Waals surface area contributed by atoms with Gasteiger partial charge in [-0.2, -0.15) is 0 Å². The van der Waals surface area contributed by atoms with Crippen LogP contribution in [0.15, 0.2) is 94.4 Å². The summed E-state index contributed by atoms with van der Waals surface area (Å²) in [5.41, 5.74) is 7.07. The Bertz CT molecular complexity index is 1530. The molecule has 0 saturated carbocycles. The molecule has 0 spiro atoms. The van der Waals surface area contributed by atoms with Crippen molar-refractivity contribution in [1.29, 1.82) is 0 Å². The second kappa shape index (κ2) is 8.98. The molecular formula is C30H33N3P2. The molecule has 0 aliphatic heterocycles. The Morgan fingerprint density at radius 3 is 1.29 bits per heavy atom. The average molecular weight is 498 g/mol. The van der Waals surface area contributed by atoms with Crippen LogP contribution in [0.1, 0.15) is 11.1 Å². The Labute approximate surface area is 208 Å². The van der Waals surface area contributed by atoms with Crippen LogP contribution in [0, 0.1) is 13.8 Å². The lowest BCUT2D eigenvalue weighted by molar-refractivity contribution is 1.49. The van der Waals surface area contributed by atoms with Crippen LogP contribution < -0.4 is 10.6 Å². The maximum atomic E-state index is 5.25. The highest BCUT2D eigenvalue weighted by molar-refractivity contribution is 7.73. The van der Waals surface area contributed by atoms with Crippen LogP contribution in [0.4, 0.5) is 11.4 Å². The first kappa shape index (κ1) is 23.9. The zero-order valence-corrected chi connectivity index (χ0v) is 23.2. The summed E-state index contributed by atoms with van der Waals surface area (Å²) in [5.74, 6) is 0. The SMILES string of the molecule is Cc1cc(P(C)(C)=Nc2ccccc2)c2[nH]c3c(P(C)(C)=Nc4ccccc4)cc(C)cc3c2c1. The van der Waals surface area contributed by atoms with Gasteiger partial charge in [-0.05, 0) is 100 Å². The highest BCUT2D eigenvalue weighted by atomic mass is 31.2. The molecule has 1 aromatic heterocycles. The van der Waals surface area contributed by atoms with Gasteiger partial charge in [0.05, 0.1) is 22.4 Å². The lowest BCUT2D eigenvalue weighted by atomic mass is 10.1. The summed E-state index contributed by atoms with van der Waals surface area (Å²) < 4.78 is 10.5. The summed E-state index contributed by atoms with van der Waals surface area (Å²) in [7, 11) is -3.58. The molecule has 0 atom stereocenters. The lowest BCUT2D eigenvalue weighted by Crippen LogP contribution is -2.07. The van der Waals surface area contributed by atoms with Crippen molar-refractivity contribution in [2.24, 2.45) is 9.49 Å². The Hall–Kier alpha value is -2.86. The van der Waals surface area contributed by atoms with Crippen LogP contribution in [-0.4, -0.2) is 31.6 Å². The van der Waals surface area contributed by atoms with Gasteiger partial charge in [0, 0.05) is 35.5 Å². The van der Waals surface area contributed by atoms with Crippen LogP contribution >= 0.6 is 14.1 Å². The molecule has 3 nitrogen and oxygen atoms in total. The normalized spacial score (nSPS) is 12.3. The van der Waals surface area contributed by atoms with Crippen molar-refractivity contribution in [1.82, 2.24) is 4.98 Å². The Morgan fingerprint density at radius 1 is 0.543 bits per heavy atom. The zero-order chi connectivity index (χ0) is 24.8. The second-order valence-corrected chi connectivity index (χ2v) is 17.1. The number of nitrogens with one attached hydrogen (secondary N) is 1. The van der Waals surface area contributed by atoms with Gasteiger partial charge in [0.25, 0.3) is 0 Å². The van der Waals surface area contributed by atoms with Gasteiger partial charge in [-0.25, -0.2) is 0 Å². The summed E-state index contributed by atoms with van der Waals surface area (Å²) in [5, 5.41) is 5.23. The average Bonchev–Trinajstić information content (AvgIpc) is 3.16. The molecule has 0 radical (unpaired) electrons. The van der Waals surface area contributed by atoms with Crippen LogP contribution in [0.2, 0.25) is 0 Å². The van der Waals surface area contributed by atoms with Crippen molar-refractivity contribution in [2.45, 2.75) is 13.8 Å². The van der Waals surface area contributed by atoms with Crippen molar-refractivity contribution >= 4 is 57.9 Å².